The summed E-state index contributed by atoms with van der Waals surface area (Å²) in [5.74, 6) is 1.68. The molecule has 0 unspecified atom stereocenters. The number of hydrogen-bond acceptors (Lipinski definition) is 8. The molecule has 0 spiro atoms. The van der Waals surface area contributed by atoms with Crippen LogP contribution in [-0.4, -0.2) is 74.9 Å². The van der Waals surface area contributed by atoms with Crippen LogP contribution >= 0.6 is 0 Å². The van der Waals surface area contributed by atoms with Gasteiger partial charge in [-0.25, -0.2) is 4.98 Å². The van der Waals surface area contributed by atoms with E-state index in [2.05, 4.69) is 47.2 Å². The molecule has 3 heterocycles. The molecule has 3 rings (SSSR count). The Balaban J connectivity index is 1.92. The van der Waals surface area contributed by atoms with Gasteiger partial charge in [-0.2, -0.15) is 24.7 Å². The maximum Gasteiger partial charge on any atom is 0.258 e. The zero-order valence-corrected chi connectivity index (χ0v) is 12.3. The van der Waals surface area contributed by atoms with E-state index in [-0.39, 0.29) is 0 Å². The van der Waals surface area contributed by atoms with Crippen LogP contribution in [0, 0.1) is 0 Å². The monoisotopic (exact) mass is 289 g/mol. The van der Waals surface area contributed by atoms with Gasteiger partial charge >= 0.3 is 0 Å². The molecular formula is C12H19N9. The minimum atomic E-state index is 0.472. The van der Waals surface area contributed by atoms with E-state index in [1.807, 2.05) is 0 Å². The number of aromatic nitrogens is 6. The van der Waals surface area contributed by atoms with Crippen molar-refractivity contribution in [3.05, 3.63) is 12.7 Å². The van der Waals surface area contributed by atoms with Crippen molar-refractivity contribution in [1.82, 2.24) is 34.6 Å². The zero-order valence-electron chi connectivity index (χ0n) is 12.3. The van der Waals surface area contributed by atoms with E-state index in [9.17, 15) is 0 Å². The highest BCUT2D eigenvalue weighted by molar-refractivity contribution is 5.39. The van der Waals surface area contributed by atoms with Gasteiger partial charge in [0.15, 0.2) is 0 Å². The Morgan fingerprint density at radius 3 is 2.67 bits per heavy atom. The van der Waals surface area contributed by atoms with E-state index in [0.29, 0.717) is 17.8 Å². The Bertz CT molecular complexity index is 582. The SMILES string of the molecule is CNc1nc(N2CCCN(C)CC2)nc(-n2cncn2)n1. The van der Waals surface area contributed by atoms with Crippen LogP contribution in [0.4, 0.5) is 11.9 Å². The van der Waals surface area contributed by atoms with Crippen LogP contribution in [0.25, 0.3) is 5.95 Å². The number of rotatable bonds is 3. The highest BCUT2D eigenvalue weighted by atomic mass is 15.4. The predicted molar refractivity (Wildman–Crippen MR) is 78.6 cm³/mol. The van der Waals surface area contributed by atoms with Crippen LogP contribution < -0.4 is 10.2 Å². The fraction of sp³-hybridized carbons (Fsp3) is 0.583. The summed E-state index contributed by atoms with van der Waals surface area (Å²) in [5, 5.41) is 7.05. The molecule has 0 aliphatic carbocycles. The second-order valence-corrected chi connectivity index (χ2v) is 4.99. The van der Waals surface area contributed by atoms with Crippen LogP contribution in [0.2, 0.25) is 0 Å². The van der Waals surface area contributed by atoms with Crippen molar-refractivity contribution in [2.24, 2.45) is 0 Å². The molecule has 0 atom stereocenters. The first-order chi connectivity index (χ1) is 10.3. The van der Waals surface area contributed by atoms with Crippen LogP contribution in [0.3, 0.4) is 0 Å². The van der Waals surface area contributed by atoms with Gasteiger partial charge in [-0.1, -0.05) is 0 Å². The van der Waals surface area contributed by atoms with Gasteiger partial charge in [0.1, 0.15) is 12.7 Å². The van der Waals surface area contributed by atoms with E-state index in [1.165, 1.54) is 11.0 Å². The van der Waals surface area contributed by atoms with Crippen molar-refractivity contribution in [3.63, 3.8) is 0 Å². The van der Waals surface area contributed by atoms with Gasteiger partial charge in [0.05, 0.1) is 0 Å². The molecule has 0 amide bonds. The zero-order chi connectivity index (χ0) is 14.7. The molecular weight excluding hydrogens is 270 g/mol. The maximum absolute atomic E-state index is 4.52. The van der Waals surface area contributed by atoms with Gasteiger partial charge in [0, 0.05) is 26.7 Å². The summed E-state index contributed by atoms with van der Waals surface area (Å²) in [7, 11) is 3.93. The van der Waals surface area contributed by atoms with Crippen LogP contribution in [-0.2, 0) is 0 Å². The van der Waals surface area contributed by atoms with Gasteiger partial charge in [0.25, 0.3) is 5.95 Å². The van der Waals surface area contributed by atoms with E-state index in [4.69, 9.17) is 0 Å². The van der Waals surface area contributed by atoms with Crippen molar-refractivity contribution >= 4 is 11.9 Å². The lowest BCUT2D eigenvalue weighted by Gasteiger charge is -2.21. The summed E-state index contributed by atoms with van der Waals surface area (Å²) in [6.45, 7) is 3.93. The summed E-state index contributed by atoms with van der Waals surface area (Å²) in [6, 6.07) is 0. The molecule has 112 valence electrons. The Morgan fingerprint density at radius 2 is 1.90 bits per heavy atom. The van der Waals surface area contributed by atoms with Gasteiger partial charge in [-0.15, -0.1) is 0 Å². The Labute approximate surface area is 123 Å². The summed E-state index contributed by atoms with van der Waals surface area (Å²) in [5.41, 5.74) is 0. The quantitative estimate of drug-likeness (QED) is 0.819. The summed E-state index contributed by atoms with van der Waals surface area (Å²) in [6.07, 6.45) is 4.13. The van der Waals surface area contributed by atoms with Gasteiger partial charge in [-0.3, -0.25) is 0 Å². The van der Waals surface area contributed by atoms with Gasteiger partial charge in [0.2, 0.25) is 11.9 Å². The first-order valence-corrected chi connectivity index (χ1v) is 6.98. The fourth-order valence-electron chi connectivity index (χ4n) is 2.27. The molecule has 0 aromatic carbocycles. The van der Waals surface area contributed by atoms with E-state index >= 15 is 0 Å². The van der Waals surface area contributed by atoms with Crippen molar-refractivity contribution in [3.8, 4) is 5.95 Å². The first-order valence-electron chi connectivity index (χ1n) is 6.98. The van der Waals surface area contributed by atoms with Crippen molar-refractivity contribution in [2.45, 2.75) is 6.42 Å². The van der Waals surface area contributed by atoms with Crippen LogP contribution in [0.1, 0.15) is 6.42 Å². The molecule has 1 saturated heterocycles. The van der Waals surface area contributed by atoms with Crippen LogP contribution in [0.5, 0.6) is 0 Å². The molecule has 9 nitrogen and oxygen atoms in total. The molecule has 21 heavy (non-hydrogen) atoms. The van der Waals surface area contributed by atoms with Gasteiger partial charge < -0.3 is 15.1 Å². The minimum Gasteiger partial charge on any atom is -0.357 e. The summed E-state index contributed by atoms with van der Waals surface area (Å²) in [4.78, 5) is 21.7. The molecule has 1 N–H and O–H groups in total. The Morgan fingerprint density at radius 1 is 1.05 bits per heavy atom. The highest BCUT2D eigenvalue weighted by Crippen LogP contribution is 2.14. The third-order valence-corrected chi connectivity index (χ3v) is 3.46. The van der Waals surface area contributed by atoms with Crippen molar-refractivity contribution < 1.29 is 0 Å². The standard InChI is InChI=1S/C12H19N9/c1-13-10-16-11(20-5-3-4-19(2)6-7-20)18-12(17-10)21-9-14-8-15-21/h8-9H,3-7H2,1-2H3,(H,13,16,17,18). The van der Waals surface area contributed by atoms with E-state index < -0.39 is 0 Å². The number of hydrogen-bond donors (Lipinski definition) is 1. The first kappa shape index (κ1) is 13.7. The third kappa shape index (κ3) is 3.07. The second kappa shape index (κ2) is 6.00. The highest BCUT2D eigenvalue weighted by Gasteiger charge is 2.17. The Hall–Kier alpha value is -2.29. The third-order valence-electron chi connectivity index (χ3n) is 3.46. The molecule has 2 aromatic rings. The lowest BCUT2D eigenvalue weighted by atomic mass is 10.4. The number of likely N-dealkylation sites (N-methyl/N-ethyl adjacent to an activating group) is 1. The normalized spacial score (nSPS) is 16.8. The molecule has 1 fully saturated rings. The lowest BCUT2D eigenvalue weighted by molar-refractivity contribution is 0.360. The van der Waals surface area contributed by atoms with Crippen LogP contribution in [0.15, 0.2) is 12.7 Å². The van der Waals surface area contributed by atoms with E-state index in [1.54, 1.807) is 13.4 Å². The molecule has 0 saturated carbocycles. The molecule has 0 radical (unpaired) electrons. The summed E-state index contributed by atoms with van der Waals surface area (Å²) < 4.78 is 1.54. The molecule has 1 aliphatic heterocycles. The maximum atomic E-state index is 4.52. The Kier molecular flexibility index (Phi) is 3.91. The summed E-state index contributed by atoms with van der Waals surface area (Å²) >= 11 is 0. The van der Waals surface area contributed by atoms with Crippen molar-refractivity contribution in [2.75, 3.05) is 50.5 Å². The number of nitrogens with one attached hydrogen (secondary N) is 1. The van der Waals surface area contributed by atoms with Gasteiger partial charge in [-0.05, 0) is 20.0 Å². The second-order valence-electron chi connectivity index (χ2n) is 4.99. The topological polar surface area (TPSA) is 87.9 Å². The molecule has 9 heteroatoms. The average molecular weight is 289 g/mol. The number of nitrogens with zero attached hydrogens (tertiary/aromatic N) is 8. The lowest BCUT2D eigenvalue weighted by Crippen LogP contribution is -2.30. The molecule has 0 bridgehead atoms. The fourth-order valence-corrected chi connectivity index (χ4v) is 2.27. The smallest absolute Gasteiger partial charge is 0.258 e. The molecule has 1 aliphatic rings. The van der Waals surface area contributed by atoms with E-state index in [0.717, 1.165) is 32.6 Å². The molecule has 2 aromatic heterocycles. The van der Waals surface area contributed by atoms with Crippen molar-refractivity contribution in [1.29, 1.82) is 0 Å². The minimum absolute atomic E-state index is 0.472. The average Bonchev–Trinajstić information content (AvgIpc) is 2.96. The predicted octanol–water partition coefficient (Wildman–Crippen LogP) is -0.364. The number of anilines is 2. The largest absolute Gasteiger partial charge is 0.357 e.